The first-order valence-corrected chi connectivity index (χ1v) is 12.0. The Hall–Kier alpha value is -3.82. The Balaban J connectivity index is 1.55. The molecule has 174 valence electrons. The highest BCUT2D eigenvalue weighted by Crippen LogP contribution is 2.28. The van der Waals surface area contributed by atoms with Crippen LogP contribution in [0.15, 0.2) is 103 Å². The Kier molecular flexibility index (Phi) is 6.69. The number of nitrogens with zero attached hydrogens (tertiary/aromatic N) is 1. The smallest absolute Gasteiger partial charge is 0.338 e. The molecule has 35 heavy (non-hydrogen) atoms. The summed E-state index contributed by atoms with van der Waals surface area (Å²) >= 11 is 6.16. The highest BCUT2D eigenvalue weighted by molar-refractivity contribution is 6.31. The average Bonchev–Trinajstić information content (AvgIpc) is 3.21. The summed E-state index contributed by atoms with van der Waals surface area (Å²) in [4.78, 5) is 12.3. The third-order valence-electron chi connectivity index (χ3n) is 6.33. The van der Waals surface area contributed by atoms with E-state index in [4.69, 9.17) is 16.3 Å². The maximum Gasteiger partial charge on any atom is 0.338 e. The zero-order valence-corrected chi connectivity index (χ0v) is 20.3. The van der Waals surface area contributed by atoms with Crippen molar-refractivity contribution < 1.29 is 9.53 Å². The molecule has 4 aromatic carbocycles. The molecule has 0 N–H and O–H groups in total. The molecule has 0 saturated carbocycles. The normalized spacial score (nSPS) is 11.0. The lowest BCUT2D eigenvalue weighted by atomic mass is 9.97. The molecule has 0 aliphatic rings. The van der Waals surface area contributed by atoms with Crippen LogP contribution < -0.4 is 0 Å². The Bertz CT molecular complexity index is 1470. The topological polar surface area (TPSA) is 31.2 Å². The number of hydrogen-bond acceptors (Lipinski definition) is 2. The number of carbonyl (C=O) groups excluding carboxylic acids is 1. The molecule has 0 saturated heterocycles. The summed E-state index contributed by atoms with van der Waals surface area (Å²) in [6.07, 6.45) is 3.75. The van der Waals surface area contributed by atoms with E-state index in [-0.39, 0.29) is 5.97 Å². The van der Waals surface area contributed by atoms with Crippen LogP contribution in [0, 0.1) is 0 Å². The first kappa shape index (κ1) is 22.9. The summed E-state index contributed by atoms with van der Waals surface area (Å²) in [5.74, 6) is -0.373. The molecule has 0 fully saturated rings. The second-order valence-electron chi connectivity index (χ2n) is 8.75. The summed E-state index contributed by atoms with van der Waals surface area (Å²) in [7, 11) is 1.39. The zero-order valence-electron chi connectivity index (χ0n) is 19.6. The number of benzene rings is 4. The molecule has 0 aliphatic heterocycles. The van der Waals surface area contributed by atoms with Gasteiger partial charge < -0.3 is 9.30 Å². The highest BCUT2D eigenvalue weighted by Gasteiger charge is 2.15. The fourth-order valence-electron chi connectivity index (χ4n) is 4.62. The number of carbonyl (C=O) groups is 1. The van der Waals surface area contributed by atoms with Gasteiger partial charge in [-0.15, -0.1) is 0 Å². The van der Waals surface area contributed by atoms with Gasteiger partial charge in [0.05, 0.1) is 12.7 Å². The molecule has 0 unspecified atom stereocenters. The number of esters is 1. The molecule has 5 aromatic rings. The van der Waals surface area contributed by atoms with Crippen molar-refractivity contribution in [1.29, 1.82) is 0 Å². The molecule has 0 aliphatic carbocycles. The minimum absolute atomic E-state index is 0.373. The molecule has 1 aromatic heterocycles. The number of ether oxygens (including phenoxy) is 1. The maximum atomic E-state index is 12.3. The lowest BCUT2D eigenvalue weighted by molar-refractivity contribution is 0.0599. The van der Waals surface area contributed by atoms with Crippen LogP contribution in [0.25, 0.3) is 10.9 Å². The van der Waals surface area contributed by atoms with Crippen molar-refractivity contribution in [3.8, 4) is 0 Å². The molecular weight excluding hydrogens is 454 g/mol. The molecule has 3 nitrogen and oxygen atoms in total. The van der Waals surface area contributed by atoms with Crippen LogP contribution in [0.4, 0.5) is 0 Å². The fraction of sp³-hybridized carbons (Fsp3) is 0.129. The van der Waals surface area contributed by atoms with E-state index in [0.29, 0.717) is 17.0 Å². The van der Waals surface area contributed by atoms with Gasteiger partial charge in [-0.25, -0.2) is 4.79 Å². The van der Waals surface area contributed by atoms with Gasteiger partial charge in [-0.1, -0.05) is 84.4 Å². The summed E-state index contributed by atoms with van der Waals surface area (Å²) in [6.45, 7) is 0.815. The minimum atomic E-state index is -0.373. The van der Waals surface area contributed by atoms with Crippen LogP contribution in [0.2, 0.25) is 5.02 Å². The molecule has 4 heteroatoms. The first-order valence-electron chi connectivity index (χ1n) is 11.7. The van der Waals surface area contributed by atoms with Crippen LogP contribution >= 0.6 is 11.6 Å². The third kappa shape index (κ3) is 5.16. The quantitative estimate of drug-likeness (QED) is 0.229. The largest absolute Gasteiger partial charge is 0.465 e. The second kappa shape index (κ2) is 10.2. The first-order chi connectivity index (χ1) is 17.1. The Morgan fingerprint density at radius 2 is 1.46 bits per heavy atom. The van der Waals surface area contributed by atoms with Gasteiger partial charge in [0.2, 0.25) is 0 Å². The highest BCUT2D eigenvalue weighted by atomic mass is 35.5. The number of halogens is 1. The van der Waals surface area contributed by atoms with Crippen molar-refractivity contribution in [2.75, 3.05) is 7.11 Å². The van der Waals surface area contributed by atoms with Gasteiger partial charge in [0.1, 0.15) is 0 Å². The van der Waals surface area contributed by atoms with E-state index >= 15 is 0 Å². The van der Waals surface area contributed by atoms with Crippen molar-refractivity contribution in [3.05, 3.63) is 142 Å². The van der Waals surface area contributed by atoms with E-state index in [2.05, 4.69) is 77.5 Å². The van der Waals surface area contributed by atoms with E-state index < -0.39 is 0 Å². The lowest BCUT2D eigenvalue weighted by Crippen LogP contribution is -2.06. The summed E-state index contributed by atoms with van der Waals surface area (Å²) < 4.78 is 7.31. The van der Waals surface area contributed by atoms with E-state index in [1.54, 1.807) is 6.07 Å². The van der Waals surface area contributed by atoms with Crippen molar-refractivity contribution in [2.24, 2.45) is 0 Å². The van der Waals surface area contributed by atoms with Crippen molar-refractivity contribution in [2.45, 2.75) is 19.4 Å². The molecule has 0 bridgehead atoms. The van der Waals surface area contributed by atoms with Crippen LogP contribution in [0.3, 0.4) is 0 Å². The molecule has 0 amide bonds. The van der Waals surface area contributed by atoms with Gasteiger partial charge in [-0.3, -0.25) is 0 Å². The number of hydrogen-bond donors (Lipinski definition) is 0. The predicted molar refractivity (Wildman–Crippen MR) is 142 cm³/mol. The SMILES string of the molecule is COC(=O)c1cc(Cl)ccc1Cc1ccc2c(c1)c(Cc1ccccc1)cn2Cc1ccccc1. The van der Waals surface area contributed by atoms with Gasteiger partial charge in [0.25, 0.3) is 0 Å². The molecule has 0 radical (unpaired) electrons. The van der Waals surface area contributed by atoms with Gasteiger partial charge in [-0.2, -0.15) is 0 Å². The lowest BCUT2D eigenvalue weighted by Gasteiger charge is -2.10. The predicted octanol–water partition coefficient (Wildman–Crippen LogP) is 7.31. The third-order valence-corrected chi connectivity index (χ3v) is 6.57. The zero-order chi connectivity index (χ0) is 24.2. The Morgan fingerprint density at radius 3 is 2.17 bits per heavy atom. The van der Waals surface area contributed by atoms with Crippen LogP contribution in [-0.4, -0.2) is 17.6 Å². The Morgan fingerprint density at radius 1 is 0.771 bits per heavy atom. The molecule has 0 spiro atoms. The van der Waals surface area contributed by atoms with Crippen molar-refractivity contribution in [1.82, 2.24) is 4.57 Å². The molecular formula is C31H26ClNO2. The van der Waals surface area contributed by atoms with Gasteiger partial charge in [0, 0.05) is 28.7 Å². The molecule has 5 rings (SSSR count). The second-order valence-corrected chi connectivity index (χ2v) is 9.19. The standard InChI is InChI=1S/C31H26ClNO2/c1-35-31(34)29-19-27(32)14-13-25(29)17-24-12-15-30-28(18-24)26(16-22-8-4-2-5-9-22)21-33(30)20-23-10-6-3-7-11-23/h2-15,18-19,21H,16-17,20H2,1H3. The molecule has 1 heterocycles. The Labute approximate surface area is 210 Å². The molecule has 0 atom stereocenters. The van der Waals surface area contributed by atoms with E-state index in [0.717, 1.165) is 24.1 Å². The maximum absolute atomic E-state index is 12.3. The minimum Gasteiger partial charge on any atom is -0.465 e. The van der Waals surface area contributed by atoms with E-state index in [1.165, 1.54) is 34.7 Å². The summed E-state index contributed by atoms with van der Waals surface area (Å²) in [6, 6.07) is 33.1. The number of fused-ring (bicyclic) bond motifs is 1. The van der Waals surface area contributed by atoms with Gasteiger partial charge in [0.15, 0.2) is 0 Å². The average molecular weight is 480 g/mol. The van der Waals surface area contributed by atoms with E-state index in [1.807, 2.05) is 24.3 Å². The number of methoxy groups -OCH3 is 1. The van der Waals surface area contributed by atoms with Crippen LogP contribution in [-0.2, 0) is 24.1 Å². The number of rotatable bonds is 7. The fourth-order valence-corrected chi connectivity index (χ4v) is 4.79. The van der Waals surface area contributed by atoms with Crippen molar-refractivity contribution >= 4 is 28.5 Å². The van der Waals surface area contributed by atoms with Gasteiger partial charge >= 0.3 is 5.97 Å². The summed E-state index contributed by atoms with van der Waals surface area (Å²) in [5, 5.41) is 1.75. The van der Waals surface area contributed by atoms with E-state index in [9.17, 15) is 4.79 Å². The summed E-state index contributed by atoms with van der Waals surface area (Å²) in [5.41, 5.74) is 7.57. The van der Waals surface area contributed by atoms with Gasteiger partial charge in [-0.05, 0) is 64.9 Å². The van der Waals surface area contributed by atoms with Crippen molar-refractivity contribution in [3.63, 3.8) is 0 Å². The number of aromatic nitrogens is 1. The van der Waals surface area contributed by atoms with Crippen LogP contribution in [0.5, 0.6) is 0 Å². The monoisotopic (exact) mass is 479 g/mol. The van der Waals surface area contributed by atoms with Crippen LogP contribution in [0.1, 0.15) is 38.2 Å².